The molecule has 4 rings (SSSR count). The van der Waals surface area contributed by atoms with E-state index < -0.39 is 0 Å². The molecule has 0 saturated heterocycles. The molecular weight excluding hydrogens is 331 g/mol. The molecular formula is C20H19FN2OSi. The average molecular weight is 350 g/mol. The van der Waals surface area contributed by atoms with Crippen molar-refractivity contribution in [3.63, 3.8) is 0 Å². The van der Waals surface area contributed by atoms with Crippen molar-refractivity contribution in [2.24, 2.45) is 5.92 Å². The molecule has 1 aromatic heterocycles. The van der Waals surface area contributed by atoms with E-state index in [1.807, 2.05) is 25.1 Å². The van der Waals surface area contributed by atoms with Gasteiger partial charge in [0.25, 0.3) is 0 Å². The van der Waals surface area contributed by atoms with E-state index in [-0.39, 0.29) is 17.6 Å². The van der Waals surface area contributed by atoms with Gasteiger partial charge in [0.2, 0.25) is 5.91 Å². The minimum Gasteiger partial charge on any atom is -0.311 e. The van der Waals surface area contributed by atoms with Crippen LogP contribution in [-0.4, -0.2) is 21.1 Å². The molecule has 3 aromatic rings. The highest BCUT2D eigenvalue weighted by atomic mass is 28.1. The highest BCUT2D eigenvalue weighted by Crippen LogP contribution is 2.30. The van der Waals surface area contributed by atoms with Crippen LogP contribution in [0.1, 0.15) is 18.4 Å². The smallest absolute Gasteiger partial charge is 0.228 e. The molecule has 0 aliphatic heterocycles. The van der Waals surface area contributed by atoms with E-state index in [2.05, 4.69) is 10.3 Å². The minimum absolute atomic E-state index is 0.0796. The van der Waals surface area contributed by atoms with Gasteiger partial charge >= 0.3 is 0 Å². The zero-order valence-corrected chi connectivity index (χ0v) is 16.3. The highest BCUT2D eigenvalue weighted by Gasteiger charge is 2.30. The number of anilines is 1. The summed E-state index contributed by atoms with van der Waals surface area (Å²) in [6.45, 7) is 1.98. The van der Waals surface area contributed by atoms with Gasteiger partial charge in [-0.3, -0.25) is 4.79 Å². The van der Waals surface area contributed by atoms with Crippen LogP contribution in [0.2, 0.25) is 0 Å². The number of hydrogen-bond acceptors (Lipinski definition) is 2. The molecule has 0 spiro atoms. The van der Waals surface area contributed by atoms with Gasteiger partial charge in [0.05, 0.1) is 0 Å². The lowest BCUT2D eigenvalue weighted by atomic mass is 9.98. The number of nitrogens with zero attached hydrogens (tertiary/aromatic N) is 1. The predicted molar refractivity (Wildman–Crippen MR) is 103 cm³/mol. The number of benzene rings is 2. The lowest BCUT2D eigenvalue weighted by Crippen LogP contribution is -2.21. The van der Waals surface area contributed by atoms with Crippen LogP contribution in [0.25, 0.3) is 21.9 Å². The summed E-state index contributed by atoms with van der Waals surface area (Å²) in [6.07, 6.45) is 3.75. The van der Waals surface area contributed by atoms with E-state index in [1.54, 1.807) is 18.3 Å². The molecule has 0 unspecified atom stereocenters. The van der Waals surface area contributed by atoms with E-state index in [0.29, 0.717) is 5.82 Å². The van der Waals surface area contributed by atoms with Crippen LogP contribution in [0, 0.1) is 18.7 Å². The fourth-order valence-electron chi connectivity index (χ4n) is 3.13. The highest BCUT2D eigenvalue weighted by molar-refractivity contribution is 6.42. The number of fused-ring (bicyclic) bond motifs is 1. The van der Waals surface area contributed by atoms with Crippen molar-refractivity contribution in [2.45, 2.75) is 19.8 Å². The molecule has 5 heteroatoms. The fraction of sp³-hybridized carbons (Fsp3) is 0.200. The van der Waals surface area contributed by atoms with E-state index in [1.165, 1.54) is 6.07 Å². The van der Waals surface area contributed by atoms with Crippen LogP contribution in [0.4, 0.5) is 10.2 Å². The molecule has 1 aliphatic carbocycles. The number of amides is 1. The maximum Gasteiger partial charge on any atom is 0.228 e. The normalized spacial score (nSPS) is 14.0. The lowest BCUT2D eigenvalue weighted by molar-refractivity contribution is -0.117. The standard InChI is InChI=1S/C20H19FN2OSi/c1-11-2-6-15(21)9-17(11)13-5-7-16-14(8-13)10-22-19(18(16)25)23-20(24)12-3-4-12/h2,5-10,12H,3-4H2,1,25H3,(H,22,23,24). The predicted octanol–water partition coefficient (Wildman–Crippen LogP) is 2.69. The molecule has 1 N–H and O–H groups in total. The van der Waals surface area contributed by atoms with Crippen molar-refractivity contribution in [1.29, 1.82) is 0 Å². The second-order valence-corrected chi connectivity index (χ2v) is 7.76. The van der Waals surface area contributed by atoms with Crippen LogP contribution in [0.5, 0.6) is 0 Å². The Bertz CT molecular complexity index is 998. The number of halogens is 1. The number of hydrogen-bond donors (Lipinski definition) is 1. The second-order valence-electron chi connectivity index (χ2n) is 6.76. The number of carbonyl (C=O) groups excluding carboxylic acids is 1. The third kappa shape index (κ3) is 3.07. The Morgan fingerprint density at radius 1 is 1.24 bits per heavy atom. The first-order valence-electron chi connectivity index (χ1n) is 8.49. The third-order valence-corrected chi connectivity index (χ3v) is 5.86. The Labute approximate surface area is 148 Å². The Kier molecular flexibility index (Phi) is 3.88. The molecule has 1 saturated carbocycles. The van der Waals surface area contributed by atoms with Crippen molar-refractivity contribution in [3.05, 3.63) is 54.0 Å². The van der Waals surface area contributed by atoms with Crippen LogP contribution in [0.3, 0.4) is 0 Å². The molecule has 0 radical (unpaired) electrons. The Balaban J connectivity index is 1.74. The van der Waals surface area contributed by atoms with Crippen LogP contribution in [-0.2, 0) is 4.79 Å². The third-order valence-electron chi connectivity index (χ3n) is 4.84. The molecule has 2 aromatic carbocycles. The summed E-state index contributed by atoms with van der Waals surface area (Å²) in [4.78, 5) is 16.5. The summed E-state index contributed by atoms with van der Waals surface area (Å²) < 4.78 is 13.6. The van der Waals surface area contributed by atoms with Gasteiger partial charge in [-0.1, -0.05) is 18.2 Å². The SMILES string of the molecule is Cc1ccc(F)cc1-c1ccc2c([SiH3])c(NC(=O)C3CC3)ncc2c1. The first kappa shape index (κ1) is 16.0. The van der Waals surface area contributed by atoms with Gasteiger partial charge in [0, 0.05) is 27.7 Å². The monoisotopic (exact) mass is 350 g/mol. The second kappa shape index (κ2) is 6.08. The van der Waals surface area contributed by atoms with Gasteiger partial charge < -0.3 is 5.32 Å². The Hall–Kier alpha value is -2.53. The average Bonchev–Trinajstić information content (AvgIpc) is 3.44. The summed E-state index contributed by atoms with van der Waals surface area (Å²) >= 11 is 0. The molecule has 126 valence electrons. The van der Waals surface area contributed by atoms with Crippen molar-refractivity contribution < 1.29 is 9.18 Å². The van der Waals surface area contributed by atoms with Crippen molar-refractivity contribution in [3.8, 4) is 11.1 Å². The Morgan fingerprint density at radius 3 is 2.80 bits per heavy atom. The molecule has 3 nitrogen and oxygen atoms in total. The number of pyridine rings is 1. The number of carbonyl (C=O) groups is 1. The number of aromatic nitrogens is 1. The van der Waals surface area contributed by atoms with Gasteiger partial charge in [0.1, 0.15) is 11.6 Å². The first-order chi connectivity index (χ1) is 12.0. The van der Waals surface area contributed by atoms with Crippen LogP contribution in [0.15, 0.2) is 42.6 Å². The molecule has 0 bridgehead atoms. The topological polar surface area (TPSA) is 42.0 Å². The summed E-state index contributed by atoms with van der Waals surface area (Å²) in [5, 5.41) is 6.17. The molecule has 1 fully saturated rings. The van der Waals surface area contributed by atoms with E-state index >= 15 is 0 Å². The van der Waals surface area contributed by atoms with Gasteiger partial charge in [-0.2, -0.15) is 0 Å². The van der Waals surface area contributed by atoms with Crippen molar-refractivity contribution in [2.75, 3.05) is 5.32 Å². The largest absolute Gasteiger partial charge is 0.311 e. The first-order valence-corrected chi connectivity index (χ1v) is 9.49. The summed E-state index contributed by atoms with van der Waals surface area (Å²) in [6, 6.07) is 10.9. The number of rotatable bonds is 3. The van der Waals surface area contributed by atoms with E-state index in [0.717, 1.165) is 55.7 Å². The van der Waals surface area contributed by atoms with Gasteiger partial charge in [0.15, 0.2) is 0 Å². The summed E-state index contributed by atoms with van der Waals surface area (Å²) in [5.41, 5.74) is 2.90. The molecule has 0 atom stereocenters. The Morgan fingerprint density at radius 2 is 2.04 bits per heavy atom. The lowest BCUT2D eigenvalue weighted by Gasteiger charge is -2.12. The van der Waals surface area contributed by atoms with Gasteiger partial charge in [-0.15, -0.1) is 0 Å². The zero-order chi connectivity index (χ0) is 17.6. The van der Waals surface area contributed by atoms with Crippen LogP contribution >= 0.6 is 0 Å². The van der Waals surface area contributed by atoms with E-state index in [4.69, 9.17) is 0 Å². The van der Waals surface area contributed by atoms with E-state index in [9.17, 15) is 9.18 Å². The summed E-state index contributed by atoms with van der Waals surface area (Å²) in [5.74, 6) is 0.694. The maximum atomic E-state index is 13.6. The van der Waals surface area contributed by atoms with Gasteiger partial charge in [-0.05, 0) is 65.2 Å². The molecule has 1 heterocycles. The van der Waals surface area contributed by atoms with Crippen molar-refractivity contribution in [1.82, 2.24) is 4.98 Å². The molecule has 25 heavy (non-hydrogen) atoms. The van der Waals surface area contributed by atoms with Gasteiger partial charge in [-0.25, -0.2) is 9.37 Å². The quantitative estimate of drug-likeness (QED) is 0.738. The van der Waals surface area contributed by atoms with Crippen LogP contribution < -0.4 is 10.5 Å². The molecule has 1 aliphatic rings. The fourth-order valence-corrected chi connectivity index (χ4v) is 3.84. The number of nitrogens with one attached hydrogen (secondary N) is 1. The zero-order valence-electron chi connectivity index (χ0n) is 14.3. The minimum atomic E-state index is -0.236. The van der Waals surface area contributed by atoms with Crippen molar-refractivity contribution >= 4 is 37.9 Å². The molecule has 1 amide bonds. The summed E-state index contributed by atoms with van der Waals surface area (Å²) in [7, 11) is 0.788. The number of aryl methyl sites for hydroxylation is 1. The maximum absolute atomic E-state index is 13.6.